The molecular formula is C21H22NaO3. The number of hydrogen-bond donors (Lipinski definition) is 3. The Kier molecular flexibility index (Phi) is 8.04. The van der Waals surface area contributed by atoms with Crippen LogP contribution in [0.3, 0.4) is 0 Å². The molecule has 3 aromatic rings. The number of phenols is 3. The molecule has 125 valence electrons. The van der Waals surface area contributed by atoms with Crippen LogP contribution in [0.5, 0.6) is 17.2 Å². The molecular weight excluding hydrogens is 323 g/mol. The molecule has 0 aromatic heterocycles. The van der Waals surface area contributed by atoms with Gasteiger partial charge in [-0.3, -0.25) is 0 Å². The molecule has 4 heteroatoms. The van der Waals surface area contributed by atoms with E-state index in [9.17, 15) is 10.2 Å². The number of aromatic hydroxyl groups is 3. The first kappa shape index (κ1) is 21.1. The average Bonchev–Trinajstić information content (AvgIpc) is 2.57. The van der Waals surface area contributed by atoms with Crippen LogP contribution in [0.4, 0.5) is 0 Å². The summed E-state index contributed by atoms with van der Waals surface area (Å²) in [5, 5.41) is 27.2. The molecule has 0 aliphatic rings. The van der Waals surface area contributed by atoms with E-state index in [0.717, 1.165) is 11.1 Å². The molecule has 1 radical (unpaired) electrons. The van der Waals surface area contributed by atoms with E-state index in [2.05, 4.69) is 13.8 Å². The van der Waals surface area contributed by atoms with Crippen LogP contribution in [0.25, 0.3) is 0 Å². The zero-order valence-corrected chi connectivity index (χ0v) is 16.8. The van der Waals surface area contributed by atoms with Crippen LogP contribution in [0.15, 0.2) is 78.9 Å². The zero-order valence-electron chi connectivity index (χ0n) is 14.8. The van der Waals surface area contributed by atoms with Crippen LogP contribution >= 0.6 is 0 Å². The van der Waals surface area contributed by atoms with Gasteiger partial charge in [-0.1, -0.05) is 56.3 Å². The van der Waals surface area contributed by atoms with Crippen LogP contribution in [0.2, 0.25) is 0 Å². The third kappa shape index (κ3) is 6.13. The summed E-state index contributed by atoms with van der Waals surface area (Å²) in [6.45, 7) is 4.23. The van der Waals surface area contributed by atoms with E-state index in [1.165, 1.54) is 0 Å². The van der Waals surface area contributed by atoms with Gasteiger partial charge in [0.2, 0.25) is 0 Å². The van der Waals surface area contributed by atoms with E-state index >= 15 is 0 Å². The number of phenolic OH excluding ortho intramolecular Hbond substituents is 3. The van der Waals surface area contributed by atoms with Gasteiger partial charge in [0.1, 0.15) is 17.2 Å². The van der Waals surface area contributed by atoms with Crippen molar-refractivity contribution in [1.29, 1.82) is 0 Å². The standard InChI is InChI=1S/C15H16O2.C6H6O.Na/c1-15(2,11-3-7-13(16)8-4-11)12-5-9-14(17)10-6-12;7-6-4-2-1-3-5-6;/h3-10,16-17H,1-2H3;1-5,7H;. The third-order valence-corrected chi connectivity index (χ3v) is 3.93. The third-order valence-electron chi connectivity index (χ3n) is 3.93. The van der Waals surface area contributed by atoms with Crippen molar-refractivity contribution in [3.05, 3.63) is 90.0 Å². The Bertz CT molecular complexity index is 704. The molecule has 0 bridgehead atoms. The predicted molar refractivity (Wildman–Crippen MR) is 102 cm³/mol. The Morgan fingerprint density at radius 1 is 0.520 bits per heavy atom. The van der Waals surface area contributed by atoms with Crippen LogP contribution < -0.4 is 0 Å². The van der Waals surface area contributed by atoms with Gasteiger partial charge >= 0.3 is 0 Å². The van der Waals surface area contributed by atoms with Crippen molar-refractivity contribution in [2.75, 3.05) is 0 Å². The van der Waals surface area contributed by atoms with Crippen LogP contribution in [-0.4, -0.2) is 44.9 Å². The fourth-order valence-electron chi connectivity index (χ4n) is 2.35. The number of hydrogen-bond acceptors (Lipinski definition) is 3. The summed E-state index contributed by atoms with van der Waals surface area (Å²) in [6.07, 6.45) is 0. The van der Waals surface area contributed by atoms with Crippen molar-refractivity contribution in [2.45, 2.75) is 19.3 Å². The topological polar surface area (TPSA) is 60.7 Å². The zero-order chi connectivity index (χ0) is 17.6. The Morgan fingerprint density at radius 3 is 1.12 bits per heavy atom. The summed E-state index contributed by atoms with van der Waals surface area (Å²) in [6, 6.07) is 23.2. The van der Waals surface area contributed by atoms with Gasteiger partial charge in [-0.15, -0.1) is 0 Å². The summed E-state index contributed by atoms with van der Waals surface area (Å²) in [7, 11) is 0. The fourth-order valence-corrected chi connectivity index (χ4v) is 2.35. The maximum absolute atomic E-state index is 9.30. The van der Waals surface area contributed by atoms with E-state index in [0.29, 0.717) is 5.75 Å². The smallest absolute Gasteiger partial charge is 0.115 e. The maximum atomic E-state index is 9.30. The van der Waals surface area contributed by atoms with Gasteiger partial charge in [-0.2, -0.15) is 0 Å². The summed E-state index contributed by atoms with van der Waals surface area (Å²) >= 11 is 0. The van der Waals surface area contributed by atoms with E-state index in [1.807, 2.05) is 30.3 Å². The molecule has 0 heterocycles. The van der Waals surface area contributed by atoms with Gasteiger partial charge < -0.3 is 15.3 Å². The first-order valence-corrected chi connectivity index (χ1v) is 7.72. The summed E-state index contributed by atoms with van der Waals surface area (Å²) < 4.78 is 0. The van der Waals surface area contributed by atoms with Crippen LogP contribution in [-0.2, 0) is 5.41 Å². The van der Waals surface area contributed by atoms with Gasteiger partial charge in [-0.05, 0) is 47.5 Å². The quantitative estimate of drug-likeness (QED) is 0.602. The minimum atomic E-state index is -0.151. The van der Waals surface area contributed by atoms with Crippen molar-refractivity contribution in [3.8, 4) is 17.2 Å². The Morgan fingerprint density at radius 2 is 0.840 bits per heavy atom. The molecule has 3 N–H and O–H groups in total. The van der Waals surface area contributed by atoms with Gasteiger partial charge in [0.25, 0.3) is 0 Å². The number of rotatable bonds is 2. The molecule has 3 rings (SSSR count). The molecule has 0 aliphatic carbocycles. The number of benzene rings is 3. The minimum absolute atomic E-state index is 0. The van der Waals surface area contributed by atoms with E-state index < -0.39 is 0 Å². The number of para-hydroxylation sites is 1. The van der Waals surface area contributed by atoms with Crippen molar-refractivity contribution in [2.24, 2.45) is 0 Å². The van der Waals surface area contributed by atoms with E-state index in [4.69, 9.17) is 5.11 Å². The second-order valence-electron chi connectivity index (χ2n) is 6.05. The molecule has 0 spiro atoms. The summed E-state index contributed by atoms with van der Waals surface area (Å²) in [4.78, 5) is 0. The second-order valence-corrected chi connectivity index (χ2v) is 6.05. The SMILES string of the molecule is CC(C)(c1ccc(O)cc1)c1ccc(O)cc1.Oc1ccccc1.[Na]. The van der Waals surface area contributed by atoms with Crippen LogP contribution in [0.1, 0.15) is 25.0 Å². The van der Waals surface area contributed by atoms with Gasteiger partial charge in [0.05, 0.1) is 0 Å². The van der Waals surface area contributed by atoms with Gasteiger partial charge in [0, 0.05) is 35.0 Å². The molecule has 0 saturated carbocycles. The molecule has 0 aliphatic heterocycles. The van der Waals surface area contributed by atoms with Crippen molar-refractivity contribution in [3.63, 3.8) is 0 Å². The average molecular weight is 345 g/mol. The molecule has 25 heavy (non-hydrogen) atoms. The van der Waals surface area contributed by atoms with Crippen molar-refractivity contribution in [1.82, 2.24) is 0 Å². The Hall–Kier alpha value is -1.94. The predicted octanol–water partition coefficient (Wildman–Crippen LogP) is 4.44. The van der Waals surface area contributed by atoms with E-state index in [-0.39, 0.29) is 46.5 Å². The summed E-state index contributed by atoms with van der Waals surface area (Å²) in [5.74, 6) is 0.869. The molecule has 0 fully saturated rings. The first-order chi connectivity index (χ1) is 11.4. The van der Waals surface area contributed by atoms with Gasteiger partial charge in [-0.25, -0.2) is 0 Å². The molecule has 0 atom stereocenters. The Labute approximate surface area is 170 Å². The molecule has 3 aromatic carbocycles. The molecule has 0 amide bonds. The monoisotopic (exact) mass is 345 g/mol. The maximum Gasteiger partial charge on any atom is 0.115 e. The van der Waals surface area contributed by atoms with Crippen LogP contribution in [0, 0.1) is 0 Å². The van der Waals surface area contributed by atoms with Crippen molar-refractivity contribution < 1.29 is 15.3 Å². The largest absolute Gasteiger partial charge is 0.508 e. The minimum Gasteiger partial charge on any atom is -0.508 e. The normalized spacial score (nSPS) is 10.2. The second kappa shape index (κ2) is 9.52. The summed E-state index contributed by atoms with van der Waals surface area (Å²) in [5.41, 5.74) is 2.10. The van der Waals surface area contributed by atoms with Crippen molar-refractivity contribution >= 4 is 29.6 Å². The fraction of sp³-hybridized carbons (Fsp3) is 0.143. The molecule has 0 saturated heterocycles. The Balaban J connectivity index is 0.000000330. The van der Waals surface area contributed by atoms with Gasteiger partial charge in [0.15, 0.2) is 0 Å². The molecule has 3 nitrogen and oxygen atoms in total. The first-order valence-electron chi connectivity index (χ1n) is 7.72. The van der Waals surface area contributed by atoms with E-state index in [1.54, 1.807) is 48.5 Å². The molecule has 0 unspecified atom stereocenters.